The van der Waals surface area contributed by atoms with Gasteiger partial charge >= 0.3 is 5.97 Å². The van der Waals surface area contributed by atoms with Crippen LogP contribution in [0.3, 0.4) is 0 Å². The number of nitrogens with zero attached hydrogens (tertiary/aromatic N) is 1. The van der Waals surface area contributed by atoms with Crippen molar-refractivity contribution in [2.45, 2.75) is 83.0 Å². The summed E-state index contributed by atoms with van der Waals surface area (Å²) in [5.41, 5.74) is 0.776. The zero-order valence-electron chi connectivity index (χ0n) is 25.4. The fourth-order valence-electron chi connectivity index (χ4n) is 5.62. The topological polar surface area (TPSA) is 117 Å². The number of amides is 3. The number of carbonyl (C=O) groups excluding carboxylic acids is 4. The van der Waals surface area contributed by atoms with Crippen molar-refractivity contribution in [1.29, 1.82) is 0 Å². The molecule has 9 nitrogen and oxygen atoms in total. The average Bonchev–Trinajstić information content (AvgIpc) is 3.50. The second kappa shape index (κ2) is 14.4. The minimum atomic E-state index is -1.26. The Bertz CT molecular complexity index is 1300. The summed E-state index contributed by atoms with van der Waals surface area (Å²) in [6, 6.07) is 16.7. The van der Waals surface area contributed by atoms with Gasteiger partial charge in [-0.3, -0.25) is 14.4 Å². The van der Waals surface area contributed by atoms with E-state index in [-0.39, 0.29) is 36.4 Å². The molecule has 2 heterocycles. The van der Waals surface area contributed by atoms with Gasteiger partial charge in [-0.05, 0) is 62.6 Å². The van der Waals surface area contributed by atoms with Crippen LogP contribution in [0.1, 0.15) is 68.8 Å². The molecular formula is C34H44N4O5. The normalized spacial score (nSPS) is 24.7. The number of rotatable bonds is 9. The van der Waals surface area contributed by atoms with Gasteiger partial charge in [-0.25, -0.2) is 4.79 Å². The van der Waals surface area contributed by atoms with Crippen molar-refractivity contribution in [3.8, 4) is 0 Å². The molecule has 2 aliphatic rings. The second-order valence-corrected chi connectivity index (χ2v) is 12.0. The number of ether oxygens (including phenoxy) is 1. The van der Waals surface area contributed by atoms with E-state index in [4.69, 9.17) is 4.74 Å². The van der Waals surface area contributed by atoms with E-state index in [1.165, 1.54) is 0 Å². The van der Waals surface area contributed by atoms with Gasteiger partial charge in [0.2, 0.25) is 17.7 Å². The monoisotopic (exact) mass is 588 g/mol. The average molecular weight is 589 g/mol. The number of hydrogen-bond acceptors (Lipinski definition) is 6. The summed E-state index contributed by atoms with van der Waals surface area (Å²) in [7, 11) is 0. The van der Waals surface area contributed by atoms with Gasteiger partial charge in [0.25, 0.3) is 0 Å². The first-order valence-electron chi connectivity index (χ1n) is 15.2. The standard InChI is InChI=1S/C34H44N4O5/c1-23(2)34(4)33(42)36-28(22-25-14-7-5-8-15-25)31(40)38-20-13-19-29(38)24(3)35-27(30(39)37-34)18-11-12-21-43-32(41)26-16-9-6-10-17-26/h5-10,14-17,23,27-29,35H,3,11-13,18-22H2,1-2,4H3,(H,36,42)(H,37,39)/t27-,28?,29+,34-/m0/s1. The summed E-state index contributed by atoms with van der Waals surface area (Å²) in [4.78, 5) is 55.6. The molecule has 0 aliphatic carbocycles. The number of hydrogen-bond donors (Lipinski definition) is 3. The molecule has 2 aromatic rings. The number of unbranched alkanes of at least 4 members (excludes halogenated alkanes) is 1. The molecule has 3 N–H and O–H groups in total. The lowest BCUT2D eigenvalue weighted by Crippen LogP contribution is -2.66. The first-order valence-corrected chi connectivity index (χ1v) is 15.2. The zero-order valence-corrected chi connectivity index (χ0v) is 25.4. The Morgan fingerprint density at radius 3 is 2.35 bits per heavy atom. The quantitative estimate of drug-likeness (QED) is 0.304. The van der Waals surface area contributed by atoms with Gasteiger partial charge in [0, 0.05) is 18.7 Å². The minimum absolute atomic E-state index is 0.155. The third-order valence-corrected chi connectivity index (χ3v) is 8.64. The number of benzene rings is 2. The molecule has 2 aromatic carbocycles. The Kier molecular flexibility index (Phi) is 10.6. The minimum Gasteiger partial charge on any atom is -0.462 e. The van der Waals surface area contributed by atoms with E-state index >= 15 is 0 Å². The molecule has 2 saturated heterocycles. The van der Waals surface area contributed by atoms with E-state index in [0.29, 0.717) is 43.5 Å². The van der Waals surface area contributed by atoms with E-state index in [1.807, 2.05) is 50.2 Å². The number of nitrogens with one attached hydrogen (secondary N) is 3. The van der Waals surface area contributed by atoms with Crippen molar-refractivity contribution in [3.63, 3.8) is 0 Å². The first-order chi connectivity index (χ1) is 20.6. The predicted molar refractivity (Wildman–Crippen MR) is 165 cm³/mol. The maximum Gasteiger partial charge on any atom is 0.338 e. The first kappa shape index (κ1) is 31.8. The Balaban J connectivity index is 1.50. The van der Waals surface area contributed by atoms with Gasteiger partial charge in [-0.2, -0.15) is 0 Å². The van der Waals surface area contributed by atoms with Crippen LogP contribution < -0.4 is 16.0 Å². The third-order valence-electron chi connectivity index (χ3n) is 8.64. The Hall–Kier alpha value is -4.14. The summed E-state index contributed by atoms with van der Waals surface area (Å²) in [6.07, 6.45) is 3.45. The molecule has 3 amide bonds. The highest BCUT2D eigenvalue weighted by atomic mass is 16.5. The molecule has 0 radical (unpaired) electrons. The summed E-state index contributed by atoms with van der Waals surface area (Å²) >= 11 is 0. The molecule has 4 rings (SSSR count). The molecule has 4 atom stereocenters. The highest BCUT2D eigenvalue weighted by Gasteiger charge is 2.44. The van der Waals surface area contributed by atoms with Crippen LogP contribution in [0.5, 0.6) is 0 Å². The van der Waals surface area contributed by atoms with Crippen LogP contribution >= 0.6 is 0 Å². The molecular weight excluding hydrogens is 544 g/mol. The highest BCUT2D eigenvalue weighted by Crippen LogP contribution is 2.26. The maximum absolute atomic E-state index is 14.0. The molecule has 2 aliphatic heterocycles. The van der Waals surface area contributed by atoms with Crippen molar-refractivity contribution >= 4 is 23.7 Å². The Labute approximate surface area is 254 Å². The lowest BCUT2D eigenvalue weighted by molar-refractivity contribution is -0.141. The molecule has 0 spiro atoms. The van der Waals surface area contributed by atoms with Crippen molar-refractivity contribution in [2.75, 3.05) is 13.2 Å². The molecule has 43 heavy (non-hydrogen) atoms. The number of esters is 1. The van der Waals surface area contributed by atoms with Gasteiger partial charge in [-0.1, -0.05) is 69.0 Å². The summed E-state index contributed by atoms with van der Waals surface area (Å²) in [6.45, 7) is 10.5. The molecule has 2 fully saturated rings. The fourth-order valence-corrected chi connectivity index (χ4v) is 5.62. The third kappa shape index (κ3) is 7.83. The zero-order chi connectivity index (χ0) is 31.0. The highest BCUT2D eigenvalue weighted by molar-refractivity contribution is 5.96. The number of fused-ring (bicyclic) bond motifs is 1. The van der Waals surface area contributed by atoms with Crippen LogP contribution in [0, 0.1) is 5.92 Å². The summed E-state index contributed by atoms with van der Waals surface area (Å²) < 4.78 is 5.40. The van der Waals surface area contributed by atoms with E-state index in [9.17, 15) is 19.2 Å². The van der Waals surface area contributed by atoms with Gasteiger partial charge in [-0.15, -0.1) is 0 Å². The lowest BCUT2D eigenvalue weighted by atomic mass is 9.86. The smallest absolute Gasteiger partial charge is 0.338 e. The van der Waals surface area contributed by atoms with E-state index < -0.39 is 23.5 Å². The van der Waals surface area contributed by atoms with Crippen molar-refractivity contribution in [1.82, 2.24) is 20.9 Å². The maximum atomic E-state index is 14.0. The Morgan fingerprint density at radius 1 is 1.00 bits per heavy atom. The van der Waals surface area contributed by atoms with Gasteiger partial charge < -0.3 is 25.6 Å². The summed E-state index contributed by atoms with van der Waals surface area (Å²) in [5.74, 6) is -1.51. The van der Waals surface area contributed by atoms with Crippen LogP contribution in [-0.4, -0.2) is 65.4 Å². The van der Waals surface area contributed by atoms with Crippen molar-refractivity contribution in [2.24, 2.45) is 5.92 Å². The number of carbonyl (C=O) groups is 4. The van der Waals surface area contributed by atoms with Crippen LogP contribution in [0.25, 0.3) is 0 Å². The van der Waals surface area contributed by atoms with E-state index in [0.717, 1.165) is 18.4 Å². The van der Waals surface area contributed by atoms with Gasteiger partial charge in [0.15, 0.2) is 0 Å². The predicted octanol–water partition coefficient (Wildman–Crippen LogP) is 3.75. The molecule has 0 bridgehead atoms. The molecule has 0 saturated carbocycles. The van der Waals surface area contributed by atoms with Crippen molar-refractivity contribution in [3.05, 3.63) is 84.1 Å². The van der Waals surface area contributed by atoms with Crippen LogP contribution in [0.4, 0.5) is 0 Å². The SMILES string of the molecule is C=C1N[C@@H](CCCCOC(=O)c2ccccc2)C(=O)N[C@@](C)(C(C)C)C(=O)NC(Cc2ccccc2)C(=O)N2CCC[C@H]12. The molecule has 0 aromatic heterocycles. The van der Waals surface area contributed by atoms with Gasteiger partial charge in [0.1, 0.15) is 17.6 Å². The second-order valence-electron chi connectivity index (χ2n) is 12.0. The summed E-state index contributed by atoms with van der Waals surface area (Å²) in [5, 5.41) is 9.33. The van der Waals surface area contributed by atoms with Gasteiger partial charge in [0.05, 0.1) is 18.2 Å². The van der Waals surface area contributed by atoms with Crippen molar-refractivity contribution < 1.29 is 23.9 Å². The fraction of sp³-hybridized carbons (Fsp3) is 0.471. The van der Waals surface area contributed by atoms with Crippen LogP contribution in [0.2, 0.25) is 0 Å². The van der Waals surface area contributed by atoms with E-state index in [2.05, 4.69) is 22.5 Å². The van der Waals surface area contributed by atoms with Crippen LogP contribution in [0.15, 0.2) is 72.9 Å². The van der Waals surface area contributed by atoms with Crippen LogP contribution in [-0.2, 0) is 25.5 Å². The largest absolute Gasteiger partial charge is 0.462 e. The lowest BCUT2D eigenvalue weighted by Gasteiger charge is -2.39. The Morgan fingerprint density at radius 2 is 1.67 bits per heavy atom. The molecule has 9 heteroatoms. The van der Waals surface area contributed by atoms with E-state index in [1.54, 1.807) is 36.1 Å². The molecule has 230 valence electrons. The molecule has 1 unspecified atom stereocenters.